The molecule has 0 bridgehead atoms. The van der Waals surface area contributed by atoms with Crippen LogP contribution in [-0.2, 0) is 11.3 Å². The molecule has 0 saturated carbocycles. The minimum absolute atomic E-state index is 0.231. The first-order valence-corrected chi connectivity index (χ1v) is 7.02. The Balaban J connectivity index is 1.78. The number of nitrogens with one attached hydrogen (secondary N) is 1. The molecule has 2 rings (SSSR count). The van der Waals surface area contributed by atoms with E-state index in [1.165, 1.54) is 11.6 Å². The van der Waals surface area contributed by atoms with E-state index in [0.29, 0.717) is 6.54 Å². The van der Waals surface area contributed by atoms with Crippen molar-refractivity contribution in [1.29, 1.82) is 0 Å². The van der Waals surface area contributed by atoms with Gasteiger partial charge in [0.2, 0.25) is 5.91 Å². The molecule has 1 N–H and O–H groups in total. The highest BCUT2D eigenvalue weighted by atomic mass is 19.2. The van der Waals surface area contributed by atoms with Gasteiger partial charge in [-0.1, -0.05) is 30.3 Å². The monoisotopic (exact) mass is 304 g/mol. The summed E-state index contributed by atoms with van der Waals surface area (Å²) < 4.78 is 25.9. The molecule has 0 aliphatic rings. The average molecular weight is 304 g/mol. The van der Waals surface area contributed by atoms with Gasteiger partial charge in [-0.3, -0.25) is 4.79 Å². The Morgan fingerprint density at radius 3 is 2.50 bits per heavy atom. The summed E-state index contributed by atoms with van der Waals surface area (Å²) >= 11 is 0. The zero-order chi connectivity index (χ0) is 15.9. The highest BCUT2D eigenvalue weighted by Gasteiger charge is 2.08. The number of benzene rings is 2. The lowest BCUT2D eigenvalue weighted by atomic mass is 10.2. The second-order valence-corrected chi connectivity index (χ2v) is 5.15. The van der Waals surface area contributed by atoms with Crippen molar-refractivity contribution >= 4 is 11.6 Å². The van der Waals surface area contributed by atoms with E-state index in [-0.39, 0.29) is 18.0 Å². The standard InChI is InChI=1S/C17H18F2N2O/c1-21(12-13-5-3-2-4-6-13)10-9-17(22)20-14-7-8-15(18)16(19)11-14/h2-8,11H,9-10,12H2,1H3,(H,20,22). The number of amides is 1. The van der Waals surface area contributed by atoms with Crippen molar-refractivity contribution in [3.05, 3.63) is 65.7 Å². The van der Waals surface area contributed by atoms with Crippen molar-refractivity contribution in [1.82, 2.24) is 4.90 Å². The number of nitrogens with zero attached hydrogens (tertiary/aromatic N) is 1. The maximum absolute atomic E-state index is 13.1. The van der Waals surface area contributed by atoms with Crippen molar-refractivity contribution in [3.8, 4) is 0 Å². The van der Waals surface area contributed by atoms with E-state index >= 15 is 0 Å². The summed E-state index contributed by atoms with van der Waals surface area (Å²) in [6.07, 6.45) is 0.280. The maximum Gasteiger partial charge on any atom is 0.225 e. The highest BCUT2D eigenvalue weighted by molar-refractivity contribution is 5.90. The highest BCUT2D eigenvalue weighted by Crippen LogP contribution is 2.13. The lowest BCUT2D eigenvalue weighted by Crippen LogP contribution is -2.24. The SMILES string of the molecule is CN(CCC(=O)Nc1ccc(F)c(F)c1)Cc1ccccc1. The number of halogens is 2. The molecule has 0 fully saturated rings. The third-order valence-electron chi connectivity index (χ3n) is 3.22. The predicted molar refractivity (Wildman–Crippen MR) is 82.4 cm³/mol. The van der Waals surface area contributed by atoms with Crippen LogP contribution in [-0.4, -0.2) is 24.4 Å². The predicted octanol–water partition coefficient (Wildman–Crippen LogP) is 3.43. The Kier molecular flexibility index (Phi) is 5.61. The summed E-state index contributed by atoms with van der Waals surface area (Å²) in [6.45, 7) is 1.32. The lowest BCUT2D eigenvalue weighted by molar-refractivity contribution is -0.116. The third-order valence-corrected chi connectivity index (χ3v) is 3.22. The Hall–Kier alpha value is -2.27. The van der Waals surface area contributed by atoms with Gasteiger partial charge in [-0.25, -0.2) is 8.78 Å². The van der Waals surface area contributed by atoms with Gasteiger partial charge in [0, 0.05) is 31.3 Å². The molecule has 0 unspecified atom stereocenters. The van der Waals surface area contributed by atoms with Gasteiger partial charge in [-0.15, -0.1) is 0 Å². The van der Waals surface area contributed by atoms with Crippen LogP contribution in [0.3, 0.4) is 0 Å². The number of anilines is 1. The molecular weight excluding hydrogens is 286 g/mol. The van der Waals surface area contributed by atoms with E-state index in [9.17, 15) is 13.6 Å². The van der Waals surface area contributed by atoms with E-state index in [4.69, 9.17) is 0 Å². The number of hydrogen-bond acceptors (Lipinski definition) is 2. The Labute approximate surface area is 128 Å². The number of hydrogen-bond donors (Lipinski definition) is 1. The van der Waals surface area contributed by atoms with Gasteiger partial charge >= 0.3 is 0 Å². The van der Waals surface area contributed by atoms with Crippen LogP contribution in [0.4, 0.5) is 14.5 Å². The average Bonchev–Trinajstić information content (AvgIpc) is 2.50. The van der Waals surface area contributed by atoms with Crippen LogP contribution in [0, 0.1) is 11.6 Å². The topological polar surface area (TPSA) is 32.3 Å². The fourth-order valence-electron chi connectivity index (χ4n) is 2.06. The maximum atomic E-state index is 13.1. The van der Waals surface area contributed by atoms with Gasteiger partial charge in [-0.2, -0.15) is 0 Å². The van der Waals surface area contributed by atoms with Crippen molar-refractivity contribution in [3.63, 3.8) is 0 Å². The van der Waals surface area contributed by atoms with Gasteiger partial charge < -0.3 is 10.2 Å². The zero-order valence-electron chi connectivity index (χ0n) is 12.4. The molecule has 3 nitrogen and oxygen atoms in total. The summed E-state index contributed by atoms with van der Waals surface area (Å²) in [6, 6.07) is 13.3. The molecule has 0 aromatic heterocycles. The van der Waals surface area contributed by atoms with Crippen LogP contribution in [0.25, 0.3) is 0 Å². The van der Waals surface area contributed by atoms with E-state index in [1.54, 1.807) is 0 Å². The van der Waals surface area contributed by atoms with Crippen LogP contribution >= 0.6 is 0 Å². The minimum Gasteiger partial charge on any atom is -0.326 e. The number of carbonyl (C=O) groups excluding carboxylic acids is 1. The van der Waals surface area contributed by atoms with E-state index < -0.39 is 11.6 Å². The summed E-state index contributed by atoms with van der Waals surface area (Å²) in [4.78, 5) is 13.8. The molecule has 2 aromatic rings. The van der Waals surface area contributed by atoms with Crippen LogP contribution < -0.4 is 5.32 Å². The summed E-state index contributed by atoms with van der Waals surface area (Å²) in [5, 5.41) is 2.56. The molecule has 0 saturated heterocycles. The molecule has 22 heavy (non-hydrogen) atoms. The van der Waals surface area contributed by atoms with Gasteiger partial charge in [0.05, 0.1) is 0 Å². The molecule has 0 heterocycles. The Morgan fingerprint density at radius 1 is 1.09 bits per heavy atom. The minimum atomic E-state index is -0.973. The molecule has 1 amide bonds. The molecule has 0 radical (unpaired) electrons. The van der Waals surface area contributed by atoms with E-state index in [2.05, 4.69) is 5.32 Å². The quantitative estimate of drug-likeness (QED) is 0.887. The first-order chi connectivity index (χ1) is 10.5. The van der Waals surface area contributed by atoms with Crippen molar-refractivity contribution in [2.75, 3.05) is 18.9 Å². The van der Waals surface area contributed by atoms with Gasteiger partial charge in [0.15, 0.2) is 11.6 Å². The lowest BCUT2D eigenvalue weighted by Gasteiger charge is -2.16. The molecular formula is C17H18F2N2O. The smallest absolute Gasteiger partial charge is 0.225 e. The summed E-state index contributed by atoms with van der Waals surface area (Å²) in [7, 11) is 1.93. The van der Waals surface area contributed by atoms with E-state index in [1.807, 2.05) is 42.3 Å². The van der Waals surface area contributed by atoms with Crippen molar-refractivity contribution in [2.24, 2.45) is 0 Å². The van der Waals surface area contributed by atoms with Gasteiger partial charge in [0.25, 0.3) is 0 Å². The second kappa shape index (κ2) is 7.66. The fraction of sp³-hybridized carbons (Fsp3) is 0.235. The van der Waals surface area contributed by atoms with Crippen LogP contribution in [0.5, 0.6) is 0 Å². The normalized spacial score (nSPS) is 10.7. The first kappa shape index (κ1) is 16.1. The molecule has 2 aromatic carbocycles. The number of rotatable bonds is 6. The molecule has 0 aliphatic heterocycles. The summed E-state index contributed by atoms with van der Waals surface area (Å²) in [5.74, 6) is -2.13. The van der Waals surface area contributed by atoms with Gasteiger partial charge in [-0.05, 0) is 24.7 Å². The van der Waals surface area contributed by atoms with Gasteiger partial charge in [0.1, 0.15) is 0 Å². The molecule has 5 heteroatoms. The van der Waals surface area contributed by atoms with Crippen LogP contribution in [0.1, 0.15) is 12.0 Å². The largest absolute Gasteiger partial charge is 0.326 e. The summed E-state index contributed by atoms with van der Waals surface area (Å²) in [5.41, 5.74) is 1.43. The zero-order valence-corrected chi connectivity index (χ0v) is 12.4. The molecule has 0 atom stereocenters. The Morgan fingerprint density at radius 2 is 1.82 bits per heavy atom. The van der Waals surface area contributed by atoms with Crippen LogP contribution in [0.2, 0.25) is 0 Å². The molecule has 116 valence electrons. The third kappa shape index (κ3) is 4.93. The number of carbonyl (C=O) groups is 1. The fourth-order valence-corrected chi connectivity index (χ4v) is 2.06. The van der Waals surface area contributed by atoms with Crippen LogP contribution in [0.15, 0.2) is 48.5 Å². The Bertz CT molecular complexity index is 632. The molecule has 0 spiro atoms. The van der Waals surface area contributed by atoms with Crippen molar-refractivity contribution < 1.29 is 13.6 Å². The van der Waals surface area contributed by atoms with E-state index in [0.717, 1.165) is 18.7 Å². The van der Waals surface area contributed by atoms with Crippen molar-refractivity contribution in [2.45, 2.75) is 13.0 Å². The second-order valence-electron chi connectivity index (χ2n) is 5.15. The first-order valence-electron chi connectivity index (χ1n) is 7.02. The molecule has 0 aliphatic carbocycles.